The van der Waals surface area contributed by atoms with Crippen molar-refractivity contribution in [3.8, 4) is 5.75 Å². The third-order valence-corrected chi connectivity index (χ3v) is 8.39. The number of piperidine rings is 1. The third-order valence-electron chi connectivity index (χ3n) is 8.39. The van der Waals surface area contributed by atoms with E-state index in [1.54, 1.807) is 0 Å². The number of anilines is 2. The molecule has 4 aromatic carbocycles. The molecule has 6 heteroatoms. The minimum atomic E-state index is -0.232. The molecule has 2 unspecified atom stereocenters. The van der Waals surface area contributed by atoms with Gasteiger partial charge < -0.3 is 20.3 Å². The molecule has 1 amide bonds. The van der Waals surface area contributed by atoms with Crippen LogP contribution < -0.4 is 20.3 Å². The van der Waals surface area contributed by atoms with E-state index >= 15 is 0 Å². The van der Waals surface area contributed by atoms with Crippen molar-refractivity contribution in [2.75, 3.05) is 23.3 Å². The quantitative estimate of drug-likeness (QED) is 0.226. The van der Waals surface area contributed by atoms with E-state index in [9.17, 15) is 9.18 Å². The number of amides is 1. The zero-order valence-corrected chi connectivity index (χ0v) is 23.9. The molecule has 0 radical (unpaired) electrons. The fourth-order valence-corrected chi connectivity index (χ4v) is 6.16. The predicted molar refractivity (Wildman–Crippen MR) is 166 cm³/mol. The highest BCUT2D eigenvalue weighted by Crippen LogP contribution is 2.38. The molecule has 2 atom stereocenters. The van der Waals surface area contributed by atoms with Crippen LogP contribution in [0.1, 0.15) is 54.0 Å². The van der Waals surface area contributed by atoms with Gasteiger partial charge in [-0.15, -0.1) is 0 Å². The van der Waals surface area contributed by atoms with E-state index in [0.29, 0.717) is 13.0 Å². The number of ether oxygens (including phenoxy) is 1. The number of carbonyl (C=O) groups excluding carboxylic acids is 1. The van der Waals surface area contributed by atoms with Crippen LogP contribution in [0.5, 0.6) is 5.75 Å². The van der Waals surface area contributed by atoms with Gasteiger partial charge in [-0.1, -0.05) is 55.0 Å². The second-order valence-electron chi connectivity index (χ2n) is 11.4. The maximum Gasteiger partial charge on any atom is 0.225 e. The number of rotatable bonds is 9. The van der Waals surface area contributed by atoms with Crippen LogP contribution in [-0.2, 0) is 24.2 Å². The van der Waals surface area contributed by atoms with Crippen molar-refractivity contribution in [1.82, 2.24) is 5.32 Å². The van der Waals surface area contributed by atoms with E-state index in [-0.39, 0.29) is 23.8 Å². The van der Waals surface area contributed by atoms with Gasteiger partial charge in [-0.25, -0.2) is 4.39 Å². The topological polar surface area (TPSA) is 53.6 Å². The van der Waals surface area contributed by atoms with E-state index in [1.165, 1.54) is 41.7 Å². The van der Waals surface area contributed by atoms with Gasteiger partial charge in [0.25, 0.3) is 0 Å². The van der Waals surface area contributed by atoms with Crippen molar-refractivity contribution in [2.24, 2.45) is 0 Å². The summed E-state index contributed by atoms with van der Waals surface area (Å²) in [5, 5.41) is 6.51. The molecule has 1 fully saturated rings. The van der Waals surface area contributed by atoms with Crippen molar-refractivity contribution in [1.29, 1.82) is 0 Å². The highest BCUT2D eigenvalue weighted by atomic mass is 19.1. The molecule has 1 saturated heterocycles. The van der Waals surface area contributed by atoms with Gasteiger partial charge in [-0.2, -0.15) is 0 Å². The lowest BCUT2D eigenvalue weighted by molar-refractivity contribution is -0.116. The van der Waals surface area contributed by atoms with Gasteiger partial charge in [-0.3, -0.25) is 4.79 Å². The molecule has 0 aromatic heterocycles. The maximum atomic E-state index is 13.8. The first-order valence-electron chi connectivity index (χ1n) is 15.0. The molecule has 0 saturated carbocycles. The van der Waals surface area contributed by atoms with Crippen LogP contribution >= 0.6 is 0 Å². The molecule has 4 aromatic rings. The number of hydrogen-bond acceptors (Lipinski definition) is 4. The molecule has 0 aliphatic carbocycles. The molecule has 42 heavy (non-hydrogen) atoms. The summed E-state index contributed by atoms with van der Waals surface area (Å²) < 4.78 is 19.9. The number of hydrogen-bond donors (Lipinski definition) is 2. The Hall–Kier alpha value is -4.16. The molecule has 0 bridgehead atoms. The summed E-state index contributed by atoms with van der Waals surface area (Å²) in [6, 6.07) is 31.9. The van der Waals surface area contributed by atoms with Gasteiger partial charge in [-0.05, 0) is 103 Å². The Morgan fingerprint density at radius 1 is 0.929 bits per heavy atom. The van der Waals surface area contributed by atoms with Gasteiger partial charge in [0.1, 0.15) is 18.2 Å². The second-order valence-corrected chi connectivity index (χ2v) is 11.4. The Balaban J connectivity index is 1.18. The number of nitrogens with zero attached hydrogens (tertiary/aromatic N) is 1. The van der Waals surface area contributed by atoms with E-state index in [4.69, 9.17) is 4.74 Å². The Morgan fingerprint density at radius 2 is 1.74 bits per heavy atom. The van der Waals surface area contributed by atoms with Gasteiger partial charge >= 0.3 is 0 Å². The smallest absolute Gasteiger partial charge is 0.225 e. The first kappa shape index (κ1) is 28.0. The van der Waals surface area contributed by atoms with Crippen LogP contribution in [0.25, 0.3) is 0 Å². The van der Waals surface area contributed by atoms with Gasteiger partial charge in [0.2, 0.25) is 5.91 Å². The van der Waals surface area contributed by atoms with E-state index in [0.717, 1.165) is 55.0 Å². The SMILES string of the molecule is O=C(CC1CCCCN1)Nc1ccc(CC2c3ccc(OCc4ccccc4)cc3CCN2c2ccc(F)cc2)cc1. The van der Waals surface area contributed by atoms with Crippen LogP contribution in [-0.4, -0.2) is 25.0 Å². The van der Waals surface area contributed by atoms with Crippen molar-refractivity contribution < 1.29 is 13.9 Å². The largest absolute Gasteiger partial charge is 0.489 e. The number of halogens is 1. The molecule has 0 spiro atoms. The molecule has 5 nitrogen and oxygen atoms in total. The lowest BCUT2D eigenvalue weighted by Crippen LogP contribution is -2.37. The summed E-state index contributed by atoms with van der Waals surface area (Å²) in [5.74, 6) is 0.691. The van der Waals surface area contributed by atoms with Crippen LogP contribution in [0.15, 0.2) is 97.1 Å². The highest BCUT2D eigenvalue weighted by molar-refractivity contribution is 5.91. The summed E-state index contributed by atoms with van der Waals surface area (Å²) in [7, 11) is 0. The fraction of sp³-hybridized carbons (Fsp3) is 0.306. The molecule has 2 heterocycles. The van der Waals surface area contributed by atoms with Crippen LogP contribution in [0.3, 0.4) is 0 Å². The highest BCUT2D eigenvalue weighted by Gasteiger charge is 2.28. The normalized spacial score (nSPS) is 18.3. The number of nitrogens with one attached hydrogen (secondary N) is 2. The summed E-state index contributed by atoms with van der Waals surface area (Å²) in [6.45, 7) is 2.35. The minimum Gasteiger partial charge on any atom is -0.489 e. The Kier molecular flexibility index (Phi) is 8.80. The first-order valence-corrected chi connectivity index (χ1v) is 15.0. The Morgan fingerprint density at radius 3 is 2.50 bits per heavy atom. The summed E-state index contributed by atoms with van der Waals surface area (Å²) in [6.07, 6.45) is 5.60. The molecular weight excluding hydrogens is 525 g/mol. The Labute approximate surface area is 247 Å². The Bertz CT molecular complexity index is 1470. The van der Waals surface area contributed by atoms with Gasteiger partial charge in [0, 0.05) is 30.4 Å². The number of benzene rings is 4. The molecule has 2 aliphatic heterocycles. The lowest BCUT2D eigenvalue weighted by atomic mass is 9.88. The average Bonchev–Trinajstić information content (AvgIpc) is 3.02. The van der Waals surface area contributed by atoms with Crippen LogP contribution in [0, 0.1) is 5.82 Å². The monoisotopic (exact) mass is 563 g/mol. The van der Waals surface area contributed by atoms with Crippen molar-refractivity contribution in [2.45, 2.75) is 57.2 Å². The number of carbonyl (C=O) groups is 1. The van der Waals surface area contributed by atoms with E-state index < -0.39 is 0 Å². The maximum absolute atomic E-state index is 13.8. The summed E-state index contributed by atoms with van der Waals surface area (Å²) in [5.41, 5.74) is 6.69. The van der Waals surface area contributed by atoms with Crippen molar-refractivity contribution in [3.05, 3.63) is 125 Å². The minimum absolute atomic E-state index is 0.0520. The van der Waals surface area contributed by atoms with Crippen LogP contribution in [0.2, 0.25) is 0 Å². The van der Waals surface area contributed by atoms with Crippen LogP contribution in [0.4, 0.5) is 15.8 Å². The van der Waals surface area contributed by atoms with E-state index in [2.05, 4.69) is 58.0 Å². The average molecular weight is 564 g/mol. The standard InChI is InChI=1S/C36H38FN3O2/c37-29-11-15-32(16-12-29)40-21-19-28-23-33(42-25-27-6-2-1-3-7-27)17-18-34(28)35(40)22-26-9-13-30(14-10-26)39-36(41)24-31-8-4-5-20-38-31/h1-3,6-7,9-18,23,31,35,38H,4-5,8,19-22,24-25H2,(H,39,41). The molecule has 2 N–H and O–H groups in total. The van der Waals surface area contributed by atoms with Gasteiger partial charge in [0.15, 0.2) is 0 Å². The molecular formula is C36H38FN3O2. The summed E-state index contributed by atoms with van der Waals surface area (Å²) >= 11 is 0. The zero-order valence-electron chi connectivity index (χ0n) is 23.9. The third kappa shape index (κ3) is 7.00. The van der Waals surface area contributed by atoms with Gasteiger partial charge in [0.05, 0.1) is 6.04 Å². The molecule has 2 aliphatic rings. The summed E-state index contributed by atoms with van der Waals surface area (Å²) in [4.78, 5) is 15.0. The van der Waals surface area contributed by atoms with Crippen molar-refractivity contribution in [3.63, 3.8) is 0 Å². The lowest BCUT2D eigenvalue weighted by Gasteiger charge is -2.39. The zero-order chi connectivity index (χ0) is 28.7. The molecule has 216 valence electrons. The van der Waals surface area contributed by atoms with Crippen molar-refractivity contribution >= 4 is 17.3 Å². The number of fused-ring (bicyclic) bond motifs is 1. The fourth-order valence-electron chi connectivity index (χ4n) is 6.16. The first-order chi connectivity index (χ1) is 20.6. The molecule has 6 rings (SSSR count). The predicted octanol–water partition coefficient (Wildman–Crippen LogP) is 7.22. The second kappa shape index (κ2) is 13.2. The van der Waals surface area contributed by atoms with E-state index in [1.807, 2.05) is 42.5 Å².